The molecule has 11 heteroatoms. The molecule has 2 amide bonds. The smallest absolute Gasteiger partial charge is 0.242 e. The Bertz CT molecular complexity index is 567. The highest BCUT2D eigenvalue weighted by molar-refractivity contribution is 6.36. The number of rotatable bonds is 4. The van der Waals surface area contributed by atoms with E-state index in [0.717, 1.165) is 0 Å². The second kappa shape index (κ2) is 10.8. The van der Waals surface area contributed by atoms with Gasteiger partial charge in [0.15, 0.2) is 0 Å². The minimum atomic E-state index is -0.343. The van der Waals surface area contributed by atoms with Gasteiger partial charge in [-0.15, -0.1) is 24.8 Å². The molecule has 2 rings (SSSR count). The summed E-state index contributed by atoms with van der Waals surface area (Å²) in [5, 5.41) is 3.44. The van der Waals surface area contributed by atoms with Crippen LogP contribution in [0.15, 0.2) is 12.3 Å². The Hall–Kier alpha value is -0.990. The van der Waals surface area contributed by atoms with Crippen molar-refractivity contribution in [1.29, 1.82) is 0 Å². The van der Waals surface area contributed by atoms with Crippen LogP contribution in [0.2, 0.25) is 10.0 Å². The van der Waals surface area contributed by atoms with E-state index in [1.54, 1.807) is 17.2 Å². The number of piperazine rings is 1. The van der Waals surface area contributed by atoms with Gasteiger partial charge in [0, 0.05) is 32.4 Å². The Morgan fingerprint density at radius 1 is 1.21 bits per heavy atom. The number of carbonyl (C=O) groups is 2. The maximum Gasteiger partial charge on any atom is 0.242 e. The van der Waals surface area contributed by atoms with E-state index in [0.29, 0.717) is 42.0 Å². The molecule has 0 aromatic carbocycles. The number of halogens is 4. The number of aromatic nitrogens is 1. The SMILES string of the molecule is Cl.Cl.NCC(=O)NCC(=O)N1CCN(c2ncc(Cl)cc2Cl)CC1. The maximum absolute atomic E-state index is 12.0. The van der Waals surface area contributed by atoms with Crippen LogP contribution in [0.5, 0.6) is 0 Å². The minimum Gasteiger partial charge on any atom is -0.352 e. The molecule has 0 spiro atoms. The Labute approximate surface area is 162 Å². The zero-order valence-corrected chi connectivity index (χ0v) is 15.9. The van der Waals surface area contributed by atoms with Gasteiger partial charge in [0.2, 0.25) is 11.8 Å². The van der Waals surface area contributed by atoms with Gasteiger partial charge >= 0.3 is 0 Å². The third-order valence-electron chi connectivity index (χ3n) is 3.34. The second-order valence-electron chi connectivity index (χ2n) is 4.81. The number of nitrogens with two attached hydrogens (primary N) is 1. The van der Waals surface area contributed by atoms with Crippen LogP contribution < -0.4 is 16.0 Å². The summed E-state index contributed by atoms with van der Waals surface area (Å²) in [7, 11) is 0. The van der Waals surface area contributed by atoms with Gasteiger partial charge in [-0.1, -0.05) is 23.2 Å². The van der Waals surface area contributed by atoms with E-state index in [1.165, 1.54) is 0 Å². The van der Waals surface area contributed by atoms with E-state index < -0.39 is 0 Å². The predicted molar refractivity (Wildman–Crippen MR) is 99.6 cm³/mol. The zero-order valence-electron chi connectivity index (χ0n) is 12.7. The molecule has 0 unspecified atom stereocenters. The minimum absolute atomic E-state index is 0. The number of hydrogen-bond donors (Lipinski definition) is 2. The third-order valence-corrected chi connectivity index (χ3v) is 3.83. The zero-order chi connectivity index (χ0) is 16.1. The van der Waals surface area contributed by atoms with E-state index in [1.807, 2.05) is 4.90 Å². The number of hydrogen-bond acceptors (Lipinski definition) is 5. The first-order chi connectivity index (χ1) is 10.5. The van der Waals surface area contributed by atoms with Gasteiger partial charge in [-0.2, -0.15) is 0 Å². The molecule has 1 aromatic rings. The van der Waals surface area contributed by atoms with Crippen molar-refractivity contribution in [3.63, 3.8) is 0 Å². The average molecular weight is 419 g/mol. The molecule has 1 aliphatic heterocycles. The van der Waals surface area contributed by atoms with Crippen LogP contribution >= 0.6 is 48.0 Å². The lowest BCUT2D eigenvalue weighted by molar-refractivity contribution is -0.132. The fraction of sp³-hybridized carbons (Fsp3) is 0.462. The van der Waals surface area contributed by atoms with Crippen LogP contribution in [0, 0.1) is 0 Å². The van der Waals surface area contributed by atoms with E-state index in [9.17, 15) is 9.59 Å². The summed E-state index contributed by atoms with van der Waals surface area (Å²) in [6, 6.07) is 1.64. The summed E-state index contributed by atoms with van der Waals surface area (Å²) >= 11 is 12.0. The van der Waals surface area contributed by atoms with E-state index in [4.69, 9.17) is 28.9 Å². The van der Waals surface area contributed by atoms with Gasteiger partial charge in [-0.25, -0.2) is 4.98 Å². The van der Waals surface area contributed by atoms with Gasteiger partial charge in [0.05, 0.1) is 23.1 Å². The molecular weight excluding hydrogens is 400 g/mol. The van der Waals surface area contributed by atoms with Crippen molar-refractivity contribution in [3.8, 4) is 0 Å². The molecule has 0 radical (unpaired) electrons. The first-order valence-corrected chi connectivity index (χ1v) is 7.57. The molecule has 3 N–H and O–H groups in total. The van der Waals surface area contributed by atoms with Crippen molar-refractivity contribution >= 4 is 65.6 Å². The van der Waals surface area contributed by atoms with Crippen LogP contribution in [0.25, 0.3) is 0 Å². The first kappa shape index (κ1) is 23.0. The van der Waals surface area contributed by atoms with Crippen molar-refractivity contribution in [2.45, 2.75) is 0 Å². The van der Waals surface area contributed by atoms with Gasteiger partial charge < -0.3 is 20.9 Å². The molecule has 1 fully saturated rings. The normalized spacial score (nSPS) is 13.6. The van der Waals surface area contributed by atoms with Gasteiger partial charge in [-0.05, 0) is 6.07 Å². The van der Waals surface area contributed by atoms with E-state index >= 15 is 0 Å². The summed E-state index contributed by atoms with van der Waals surface area (Å²) < 4.78 is 0. The van der Waals surface area contributed by atoms with Crippen molar-refractivity contribution in [2.24, 2.45) is 5.73 Å². The number of anilines is 1. The summed E-state index contributed by atoms with van der Waals surface area (Å²) in [4.78, 5) is 30.9. The first-order valence-electron chi connectivity index (χ1n) is 6.82. The maximum atomic E-state index is 12.0. The summed E-state index contributed by atoms with van der Waals surface area (Å²) in [5.74, 6) is 0.190. The molecule has 136 valence electrons. The number of nitrogens with zero attached hydrogens (tertiary/aromatic N) is 3. The molecule has 1 aromatic heterocycles. The van der Waals surface area contributed by atoms with Crippen molar-refractivity contribution < 1.29 is 9.59 Å². The average Bonchev–Trinajstić information content (AvgIpc) is 2.52. The number of pyridine rings is 1. The summed E-state index contributed by atoms with van der Waals surface area (Å²) in [6.45, 7) is 2.16. The number of carbonyl (C=O) groups excluding carboxylic acids is 2. The van der Waals surface area contributed by atoms with Crippen LogP contribution in [-0.2, 0) is 9.59 Å². The largest absolute Gasteiger partial charge is 0.352 e. The summed E-state index contributed by atoms with van der Waals surface area (Å²) in [5.41, 5.74) is 5.17. The lowest BCUT2D eigenvalue weighted by atomic mass is 10.3. The third kappa shape index (κ3) is 6.14. The topological polar surface area (TPSA) is 91.6 Å². The van der Waals surface area contributed by atoms with Crippen LogP contribution in [-0.4, -0.2) is 61.0 Å². The van der Waals surface area contributed by atoms with Crippen LogP contribution in [0.1, 0.15) is 0 Å². The Morgan fingerprint density at radius 2 is 1.83 bits per heavy atom. The molecule has 1 aliphatic rings. The lowest BCUT2D eigenvalue weighted by Crippen LogP contribution is -2.51. The summed E-state index contributed by atoms with van der Waals surface area (Å²) in [6.07, 6.45) is 1.54. The molecule has 0 bridgehead atoms. The monoisotopic (exact) mass is 417 g/mol. The Morgan fingerprint density at radius 3 is 2.38 bits per heavy atom. The van der Waals surface area contributed by atoms with Gasteiger partial charge in [0.1, 0.15) is 5.82 Å². The van der Waals surface area contributed by atoms with Crippen LogP contribution in [0.4, 0.5) is 5.82 Å². The molecule has 1 saturated heterocycles. The highest BCUT2D eigenvalue weighted by atomic mass is 35.5. The van der Waals surface area contributed by atoms with Crippen molar-refractivity contribution in [3.05, 3.63) is 22.3 Å². The number of amides is 2. The fourth-order valence-electron chi connectivity index (χ4n) is 2.17. The van der Waals surface area contributed by atoms with Crippen molar-refractivity contribution in [1.82, 2.24) is 15.2 Å². The molecular formula is C13H19Cl4N5O2. The lowest BCUT2D eigenvalue weighted by Gasteiger charge is -2.35. The van der Waals surface area contributed by atoms with Gasteiger partial charge in [0.25, 0.3) is 0 Å². The van der Waals surface area contributed by atoms with Gasteiger partial charge in [-0.3, -0.25) is 9.59 Å². The number of nitrogens with one attached hydrogen (secondary N) is 1. The quantitative estimate of drug-likeness (QED) is 0.759. The highest BCUT2D eigenvalue weighted by Gasteiger charge is 2.23. The Balaban J connectivity index is 0.00000264. The van der Waals surface area contributed by atoms with E-state index in [2.05, 4.69) is 10.3 Å². The van der Waals surface area contributed by atoms with Crippen LogP contribution in [0.3, 0.4) is 0 Å². The molecule has 2 heterocycles. The molecule has 7 nitrogen and oxygen atoms in total. The molecule has 24 heavy (non-hydrogen) atoms. The van der Waals surface area contributed by atoms with E-state index in [-0.39, 0.29) is 49.7 Å². The fourth-order valence-corrected chi connectivity index (χ4v) is 2.67. The molecule has 0 atom stereocenters. The van der Waals surface area contributed by atoms with Crippen molar-refractivity contribution in [2.75, 3.05) is 44.2 Å². The molecule has 0 aliphatic carbocycles. The second-order valence-corrected chi connectivity index (χ2v) is 5.65. The highest BCUT2D eigenvalue weighted by Crippen LogP contribution is 2.26. The predicted octanol–water partition coefficient (Wildman–Crippen LogP) is 0.956. The Kier molecular flexibility index (Phi) is 10.3. The standard InChI is InChI=1S/C13H17Cl2N5O2.2ClH/c14-9-5-10(15)13(18-7-9)20-3-1-19(2-4-20)12(22)8-17-11(21)6-16;;/h5,7H,1-4,6,8,16H2,(H,17,21);2*1H. The molecule has 0 saturated carbocycles.